The summed E-state index contributed by atoms with van der Waals surface area (Å²) in [5.74, 6) is 0. The van der Waals surface area contributed by atoms with Gasteiger partial charge in [-0.25, -0.2) is 0 Å². The third-order valence-electron chi connectivity index (χ3n) is 13.4. The van der Waals surface area contributed by atoms with Crippen molar-refractivity contribution in [2.75, 3.05) is 0 Å². The van der Waals surface area contributed by atoms with Gasteiger partial charge in [-0.1, -0.05) is 12.1 Å². The lowest BCUT2D eigenvalue weighted by atomic mass is 8.27. The van der Waals surface area contributed by atoms with E-state index in [1.165, 1.54) is 0 Å². The molecule has 65 heavy (non-hydrogen) atoms. The Morgan fingerprint density at radius 2 is 0.738 bits per heavy atom. The molecule has 242 valence electrons. The van der Waals surface area contributed by atoms with Crippen LogP contribution in [0.1, 0.15) is 27.7 Å². The van der Waals surface area contributed by atoms with Gasteiger partial charge in [-0.15, -0.1) is 0 Å². The van der Waals surface area contributed by atoms with Gasteiger partial charge >= 0.3 is 7.12 Å². The van der Waals surface area contributed by atoms with Gasteiger partial charge in [0, 0.05) is 321 Å². The molecule has 1 aliphatic heterocycles. The Morgan fingerprint density at radius 3 is 1.08 bits per heavy atom. The molecule has 1 aliphatic rings. The summed E-state index contributed by atoms with van der Waals surface area (Å²) in [5, 5.41) is 2.09. The minimum Gasteiger partial charge on any atom is -0.399 e. The van der Waals surface area contributed by atoms with Crippen molar-refractivity contribution in [3.63, 3.8) is 0 Å². The fraction of sp³-hybridized carbons (Fsp3) is 0.333. The molecule has 0 unspecified atom stereocenters. The van der Waals surface area contributed by atoms with E-state index >= 15 is 0 Å². The lowest BCUT2D eigenvalue weighted by molar-refractivity contribution is 0.00578. The fourth-order valence-corrected chi connectivity index (χ4v) is 9.80. The third-order valence-corrected chi connectivity index (χ3v) is 13.4. The van der Waals surface area contributed by atoms with E-state index in [-0.39, 0.29) is 18.3 Å². The molecule has 0 atom stereocenters. The van der Waals surface area contributed by atoms with Crippen molar-refractivity contribution in [1.29, 1.82) is 0 Å². The van der Waals surface area contributed by atoms with Crippen LogP contribution >= 0.6 is 0 Å². The van der Waals surface area contributed by atoms with Crippen molar-refractivity contribution < 1.29 is 9.31 Å². The van der Waals surface area contributed by atoms with Gasteiger partial charge < -0.3 is 9.31 Å². The van der Waals surface area contributed by atoms with Crippen LogP contribution in [0.15, 0.2) is 42.7 Å². The summed E-state index contributed by atoms with van der Waals surface area (Å²) in [7, 11) is 138. The summed E-state index contributed by atoms with van der Waals surface area (Å²) in [5.41, 5.74) is 2.18. The maximum atomic E-state index is 6.45. The van der Waals surface area contributed by atoms with Crippen LogP contribution in [0.3, 0.4) is 0 Å². The Labute approximate surface area is 430 Å². The molecule has 0 N–H and O–H groups in total. The largest absolute Gasteiger partial charge is 0.494 e. The first-order chi connectivity index (χ1) is 29.9. The van der Waals surface area contributed by atoms with Gasteiger partial charge in [-0.3, -0.25) is 9.97 Å². The van der Waals surface area contributed by atoms with E-state index in [4.69, 9.17) is 180 Å². The second-order valence-electron chi connectivity index (χ2n) is 18.6. The Bertz CT molecular complexity index is 1780. The molecule has 0 aliphatic carbocycles. The van der Waals surface area contributed by atoms with Crippen molar-refractivity contribution in [3.8, 4) is 0 Å². The molecule has 4 rings (SSSR count). The maximum absolute atomic E-state index is 6.45. The van der Waals surface area contributed by atoms with E-state index in [1.807, 2.05) is 36.7 Å². The SMILES string of the molecule is CC1(C)OB(c2ccc3c(c2)ncc2cccnc23)OC1(C)C.[B]B([B])B(B([B])[B])B(B([B])[B])B(B(B(B([B])[B])B([B])[B])B(B([B])[B])B([B])[B])B(B(B([B])[B])B([B])[B])B(B([B])[B])B([B])[B]. The zero-order valence-corrected chi connectivity index (χ0v) is 38.1. The van der Waals surface area contributed by atoms with Gasteiger partial charge in [0.25, 0.3) is 0 Å². The molecule has 47 heteroatoms. The van der Waals surface area contributed by atoms with Gasteiger partial charge in [0.15, 0.2) is 0 Å². The van der Waals surface area contributed by atoms with Crippen LogP contribution in [-0.4, -0.2) is 326 Å². The smallest absolute Gasteiger partial charge is 0.399 e. The highest BCUT2D eigenvalue weighted by Gasteiger charge is 2.58. The summed E-state index contributed by atoms with van der Waals surface area (Å²) in [6, 6.07) is 10.1. The van der Waals surface area contributed by atoms with Crippen LogP contribution in [0, 0.1) is 0 Å². The van der Waals surface area contributed by atoms with E-state index in [2.05, 4.69) is 43.7 Å². The molecule has 44 radical (unpaired) electrons. The minimum atomic E-state index is -1.30. The summed E-state index contributed by atoms with van der Waals surface area (Å²) < 4.78 is 12.2. The summed E-state index contributed by atoms with van der Waals surface area (Å²) in [4.78, 5) is 9.04. The molecule has 0 saturated carbocycles. The molecular formula is C18H19B43N2O2. The van der Waals surface area contributed by atoms with E-state index < -0.39 is 128 Å². The molecule has 3 heterocycles. The van der Waals surface area contributed by atoms with E-state index in [1.54, 1.807) is 0 Å². The van der Waals surface area contributed by atoms with Crippen molar-refractivity contribution in [2.45, 2.75) is 38.9 Å². The number of nitrogens with zero attached hydrogens (tertiary/aromatic N) is 2. The van der Waals surface area contributed by atoms with E-state index in [0.717, 1.165) is 27.3 Å². The van der Waals surface area contributed by atoms with Gasteiger partial charge in [0.1, 0.15) is 0 Å². The minimum absolute atomic E-state index is 0.342. The molecule has 1 aromatic carbocycles. The maximum Gasteiger partial charge on any atom is 0.494 e. The molecule has 2 aromatic heterocycles. The third kappa shape index (κ3) is 14.5. The first-order valence-corrected chi connectivity index (χ1v) is 21.5. The Kier molecular flexibility index (Phi) is 23.5. The summed E-state index contributed by atoms with van der Waals surface area (Å²) in [6.07, 6.45) is -19.8. The summed E-state index contributed by atoms with van der Waals surface area (Å²) >= 11 is 0. The van der Waals surface area contributed by atoms with Gasteiger partial charge in [0.2, 0.25) is 0 Å². The van der Waals surface area contributed by atoms with Gasteiger partial charge in [0.05, 0.1) is 22.2 Å². The molecule has 0 spiro atoms. The summed E-state index contributed by atoms with van der Waals surface area (Å²) in [6.45, 7) is 8.24. The predicted molar refractivity (Wildman–Crippen MR) is 334 cm³/mol. The van der Waals surface area contributed by atoms with Crippen LogP contribution in [-0.2, 0) is 9.31 Å². The van der Waals surface area contributed by atoms with Crippen molar-refractivity contribution in [1.82, 2.24) is 9.97 Å². The molecule has 4 nitrogen and oxygen atoms in total. The molecular weight excluding hydrogens is 741 g/mol. The normalized spacial score (nSPS) is 13.1. The number of benzene rings is 1. The first-order valence-electron chi connectivity index (χ1n) is 21.5. The van der Waals surface area contributed by atoms with Crippen molar-refractivity contribution in [3.05, 3.63) is 42.7 Å². The van der Waals surface area contributed by atoms with Gasteiger partial charge in [-0.05, 0) is 51.4 Å². The van der Waals surface area contributed by atoms with Crippen LogP contribution in [0.5, 0.6) is 0 Å². The number of hydrogen-bond acceptors (Lipinski definition) is 4. The Hall–Kier alpha value is 0.752. The molecule has 1 fully saturated rings. The van der Waals surface area contributed by atoms with Crippen molar-refractivity contribution >= 4 is 332 Å². The highest BCUT2D eigenvalue weighted by Crippen LogP contribution is 2.36. The first kappa shape index (κ1) is 60.1. The number of rotatable bonds is 20. The van der Waals surface area contributed by atoms with Crippen LogP contribution in [0.4, 0.5) is 0 Å². The zero-order chi connectivity index (χ0) is 49.8. The van der Waals surface area contributed by atoms with Crippen LogP contribution in [0.2, 0.25) is 0 Å². The molecule has 0 bridgehead atoms. The highest BCUT2D eigenvalue weighted by atomic mass is 16.7. The van der Waals surface area contributed by atoms with Crippen molar-refractivity contribution in [2.24, 2.45) is 0 Å². The van der Waals surface area contributed by atoms with E-state index in [0.29, 0.717) is 0 Å². The van der Waals surface area contributed by atoms with Crippen LogP contribution in [0.25, 0.3) is 21.8 Å². The lowest BCUT2D eigenvalue weighted by Gasteiger charge is -2.55. The standard InChI is InChI=1S/C18H19BN2O2.B42/c1-17(2)18(3,4)23-19(22-17)13-7-8-14-15(10-13)21-11-12-6-5-9-20-16(12)14;1-23(2)34(24(3)4)39(33(21)22)42(40(35(25(5)6)26(7)8)36(27(9)10)28(11)12)41(37(29(13)14)30(15)16)38(31(17)18)32(19)20/h5-11H,1-4H3;. The average molecular weight is 760 g/mol. The second-order valence-corrected chi connectivity index (χ2v) is 18.6. The number of aromatic nitrogens is 2. The fourth-order valence-electron chi connectivity index (χ4n) is 9.80. The van der Waals surface area contributed by atoms with E-state index in [9.17, 15) is 0 Å². The average Bonchev–Trinajstić information content (AvgIpc) is 3.38. The highest BCUT2D eigenvalue weighted by molar-refractivity contribution is 8.33. The molecule has 1 saturated heterocycles. The number of fused-ring (bicyclic) bond motifs is 3. The monoisotopic (exact) mass is 769 g/mol. The number of hydrogen-bond donors (Lipinski definition) is 0. The number of pyridine rings is 2. The Morgan fingerprint density at radius 1 is 0.415 bits per heavy atom. The quantitative estimate of drug-likeness (QED) is 0.0850. The van der Waals surface area contributed by atoms with Gasteiger partial charge in [-0.2, -0.15) is 0 Å². The topological polar surface area (TPSA) is 44.2 Å². The lowest BCUT2D eigenvalue weighted by Crippen LogP contribution is -2.93. The predicted octanol–water partition coefficient (Wildman–Crippen LogP) is -12.9. The second kappa shape index (κ2) is 25.4. The molecule has 3 aromatic rings. The van der Waals surface area contributed by atoms with Crippen LogP contribution < -0.4 is 5.46 Å². The Balaban J connectivity index is 0.000000402. The molecule has 0 amide bonds. The zero-order valence-electron chi connectivity index (χ0n) is 38.1.